The van der Waals surface area contributed by atoms with Gasteiger partial charge in [-0.2, -0.15) is 13.2 Å². The summed E-state index contributed by atoms with van der Waals surface area (Å²) < 4.78 is 40.6. The zero-order chi connectivity index (χ0) is 23.0. The molecule has 31 heavy (non-hydrogen) atoms. The first kappa shape index (κ1) is 23.7. The van der Waals surface area contributed by atoms with Crippen LogP contribution >= 0.6 is 0 Å². The molecule has 2 heterocycles. The summed E-state index contributed by atoms with van der Waals surface area (Å²) >= 11 is 0. The number of halogens is 3. The van der Waals surface area contributed by atoms with Crippen molar-refractivity contribution in [3.63, 3.8) is 0 Å². The summed E-state index contributed by atoms with van der Waals surface area (Å²) in [6.07, 6.45) is -1.31. The van der Waals surface area contributed by atoms with E-state index in [4.69, 9.17) is 0 Å². The first-order chi connectivity index (χ1) is 14.4. The molecule has 0 aliphatic carbocycles. The number of carboxylic acid groups (broad SMARTS) is 1. The second kappa shape index (κ2) is 8.54. The van der Waals surface area contributed by atoms with Crippen molar-refractivity contribution in [2.75, 3.05) is 13.1 Å². The molecule has 2 aliphatic heterocycles. The number of likely N-dealkylation sites (tertiary alicyclic amines) is 1. The molecule has 0 radical (unpaired) electrons. The van der Waals surface area contributed by atoms with Crippen molar-refractivity contribution in [2.45, 2.75) is 76.7 Å². The third-order valence-electron chi connectivity index (χ3n) is 6.76. The van der Waals surface area contributed by atoms with Crippen LogP contribution in [-0.4, -0.2) is 47.5 Å². The number of benzene rings is 1. The Bertz CT molecular complexity index is 840. The molecule has 0 spiro atoms. The number of piperidine rings is 1. The van der Waals surface area contributed by atoms with Crippen LogP contribution in [0.15, 0.2) is 24.3 Å². The molecule has 2 saturated heterocycles. The van der Waals surface area contributed by atoms with Gasteiger partial charge in [0.05, 0.1) is 23.0 Å². The lowest BCUT2D eigenvalue weighted by atomic mass is 9.85. The highest BCUT2D eigenvalue weighted by atomic mass is 19.4. The monoisotopic (exact) mass is 439 g/mol. The molecule has 0 saturated carbocycles. The standard InChI is InChI=1S/C23H31F3N2O3/c1-21(2,23(24,25)26)14-28-13-7-6-10-18(28)15-8-4-5-9-16(15)19(29)17-11-12-22(3,27-17)20(30)31/h4-5,8-9,17-18,27H,6-7,10-14H2,1-3H3,(H,30,31)/p-1. The fourth-order valence-corrected chi connectivity index (χ4v) is 4.65. The van der Waals surface area contributed by atoms with Gasteiger partial charge in [-0.25, -0.2) is 0 Å². The van der Waals surface area contributed by atoms with Crippen molar-refractivity contribution in [1.82, 2.24) is 10.2 Å². The lowest BCUT2D eigenvalue weighted by Crippen LogP contribution is -2.55. The number of ketones is 1. The maximum absolute atomic E-state index is 13.5. The van der Waals surface area contributed by atoms with E-state index in [2.05, 4.69) is 5.32 Å². The average molecular weight is 439 g/mol. The number of aliphatic carboxylic acids is 1. The number of hydrogen-bond donors (Lipinski definition) is 1. The highest BCUT2D eigenvalue weighted by molar-refractivity contribution is 6.02. The number of alkyl halides is 3. The highest BCUT2D eigenvalue weighted by Gasteiger charge is 2.49. The quantitative estimate of drug-likeness (QED) is 0.689. The molecule has 5 nitrogen and oxygen atoms in total. The van der Waals surface area contributed by atoms with Crippen LogP contribution < -0.4 is 10.4 Å². The average Bonchev–Trinajstić information content (AvgIpc) is 3.10. The maximum atomic E-state index is 13.5. The molecule has 3 rings (SSSR count). The van der Waals surface area contributed by atoms with Gasteiger partial charge in [0, 0.05) is 18.2 Å². The Balaban J connectivity index is 1.88. The Hall–Kier alpha value is -1.93. The SMILES string of the molecule is CC1(C(=O)[O-])CCC(C(=O)c2ccccc2C2CCCCN2CC(C)(C)C(F)(F)F)N1. The van der Waals surface area contributed by atoms with E-state index in [1.165, 1.54) is 20.8 Å². The number of carboxylic acids is 1. The van der Waals surface area contributed by atoms with Crippen molar-refractivity contribution in [1.29, 1.82) is 0 Å². The first-order valence-electron chi connectivity index (χ1n) is 10.8. The minimum atomic E-state index is -4.33. The minimum Gasteiger partial charge on any atom is -0.548 e. The van der Waals surface area contributed by atoms with E-state index >= 15 is 0 Å². The van der Waals surface area contributed by atoms with E-state index in [9.17, 15) is 27.9 Å². The number of nitrogens with zero attached hydrogens (tertiary/aromatic N) is 1. The van der Waals surface area contributed by atoms with E-state index in [0.717, 1.165) is 12.8 Å². The molecular formula is C23H30F3N2O3-. The van der Waals surface area contributed by atoms with Crippen LogP contribution in [0.4, 0.5) is 13.2 Å². The van der Waals surface area contributed by atoms with Gasteiger partial charge in [0.25, 0.3) is 0 Å². The van der Waals surface area contributed by atoms with Crippen LogP contribution in [0.1, 0.15) is 74.8 Å². The minimum absolute atomic E-state index is 0.145. The van der Waals surface area contributed by atoms with Crippen molar-refractivity contribution in [2.24, 2.45) is 5.41 Å². The summed E-state index contributed by atoms with van der Waals surface area (Å²) in [5.74, 6) is -1.47. The Labute approximate surface area is 181 Å². The van der Waals surface area contributed by atoms with Crippen molar-refractivity contribution in [3.8, 4) is 0 Å². The van der Waals surface area contributed by atoms with Crippen molar-refractivity contribution in [3.05, 3.63) is 35.4 Å². The largest absolute Gasteiger partial charge is 0.548 e. The van der Waals surface area contributed by atoms with Gasteiger partial charge in [-0.3, -0.25) is 15.0 Å². The summed E-state index contributed by atoms with van der Waals surface area (Å²) in [6, 6.07) is 6.08. The van der Waals surface area contributed by atoms with Gasteiger partial charge in [0.15, 0.2) is 5.78 Å². The molecule has 3 atom stereocenters. The molecule has 8 heteroatoms. The van der Waals surface area contributed by atoms with E-state index in [1.54, 1.807) is 18.2 Å². The molecular weight excluding hydrogens is 409 g/mol. The molecule has 1 aromatic rings. The Morgan fingerprint density at radius 1 is 1.19 bits per heavy atom. The summed E-state index contributed by atoms with van der Waals surface area (Å²) in [4.78, 5) is 26.6. The molecule has 2 fully saturated rings. The van der Waals surface area contributed by atoms with Gasteiger partial charge in [-0.1, -0.05) is 30.7 Å². The lowest BCUT2D eigenvalue weighted by Gasteiger charge is -2.42. The molecule has 0 amide bonds. The topological polar surface area (TPSA) is 72.5 Å². The third kappa shape index (κ3) is 4.80. The van der Waals surface area contributed by atoms with Crippen LogP contribution in [0.25, 0.3) is 0 Å². The molecule has 1 aromatic carbocycles. The molecule has 0 bridgehead atoms. The molecule has 3 unspecified atom stereocenters. The van der Waals surface area contributed by atoms with Crippen molar-refractivity contribution >= 4 is 11.8 Å². The van der Waals surface area contributed by atoms with E-state index < -0.39 is 29.1 Å². The smallest absolute Gasteiger partial charge is 0.395 e. The van der Waals surface area contributed by atoms with E-state index in [1.807, 2.05) is 11.0 Å². The van der Waals surface area contributed by atoms with Gasteiger partial charge >= 0.3 is 6.18 Å². The van der Waals surface area contributed by atoms with Crippen LogP contribution in [0, 0.1) is 5.41 Å². The molecule has 2 aliphatic rings. The van der Waals surface area contributed by atoms with E-state index in [0.29, 0.717) is 30.5 Å². The maximum Gasteiger partial charge on any atom is 0.395 e. The second-order valence-electron chi connectivity index (χ2n) is 9.67. The normalized spacial score (nSPS) is 27.9. The first-order valence-corrected chi connectivity index (χ1v) is 10.8. The fourth-order valence-electron chi connectivity index (χ4n) is 4.65. The van der Waals surface area contributed by atoms with Gasteiger partial charge < -0.3 is 9.90 Å². The Morgan fingerprint density at radius 2 is 1.87 bits per heavy atom. The zero-order valence-corrected chi connectivity index (χ0v) is 18.2. The number of nitrogens with one attached hydrogen (secondary N) is 1. The third-order valence-corrected chi connectivity index (χ3v) is 6.76. The molecule has 1 N–H and O–H groups in total. The number of Topliss-reactive ketones (excluding diaryl/α,β-unsaturated/α-hetero) is 1. The number of hydrogen-bond acceptors (Lipinski definition) is 5. The van der Waals surface area contributed by atoms with E-state index in [-0.39, 0.29) is 24.8 Å². The zero-order valence-electron chi connectivity index (χ0n) is 18.2. The van der Waals surface area contributed by atoms with Crippen molar-refractivity contribution < 1.29 is 27.9 Å². The number of rotatable bonds is 6. The summed E-state index contributed by atoms with van der Waals surface area (Å²) in [5, 5.41) is 14.3. The summed E-state index contributed by atoms with van der Waals surface area (Å²) in [7, 11) is 0. The van der Waals surface area contributed by atoms with Gasteiger partial charge in [-0.15, -0.1) is 0 Å². The number of carbonyl (C=O) groups excluding carboxylic acids is 2. The van der Waals surface area contributed by atoms with Crippen LogP contribution in [0.3, 0.4) is 0 Å². The van der Waals surface area contributed by atoms with Crippen LogP contribution in [0.2, 0.25) is 0 Å². The van der Waals surface area contributed by atoms with Crippen LogP contribution in [-0.2, 0) is 4.79 Å². The summed E-state index contributed by atoms with van der Waals surface area (Å²) in [5.41, 5.74) is -1.97. The lowest BCUT2D eigenvalue weighted by molar-refractivity contribution is -0.313. The predicted octanol–water partition coefficient (Wildman–Crippen LogP) is 3.25. The fraction of sp³-hybridized carbons (Fsp3) is 0.652. The van der Waals surface area contributed by atoms with Gasteiger partial charge in [-0.05, 0) is 58.6 Å². The second-order valence-corrected chi connectivity index (χ2v) is 9.67. The summed E-state index contributed by atoms with van der Waals surface area (Å²) in [6.45, 7) is 4.31. The Kier molecular flexibility index (Phi) is 6.54. The number of carbonyl (C=O) groups is 2. The molecule has 172 valence electrons. The van der Waals surface area contributed by atoms with Gasteiger partial charge in [0.1, 0.15) is 0 Å². The Morgan fingerprint density at radius 3 is 2.48 bits per heavy atom. The predicted molar refractivity (Wildman–Crippen MR) is 108 cm³/mol. The highest BCUT2D eigenvalue weighted by Crippen LogP contribution is 2.42. The molecule has 0 aromatic heterocycles. The van der Waals surface area contributed by atoms with Crippen LogP contribution in [0.5, 0.6) is 0 Å². The van der Waals surface area contributed by atoms with Gasteiger partial charge in [0.2, 0.25) is 0 Å².